The summed E-state index contributed by atoms with van der Waals surface area (Å²) in [6.07, 6.45) is -3.00. The molecule has 1 saturated heterocycles. The van der Waals surface area contributed by atoms with Crippen molar-refractivity contribution in [1.29, 1.82) is 0 Å². The van der Waals surface area contributed by atoms with E-state index < -0.39 is 17.6 Å². The molecule has 1 heterocycles. The van der Waals surface area contributed by atoms with Crippen molar-refractivity contribution in [3.63, 3.8) is 0 Å². The second kappa shape index (κ2) is 7.05. The third kappa shape index (κ3) is 4.03. The largest absolute Gasteiger partial charge is 0.506 e. The number of aliphatic imine (C=N–C) groups is 1. The number of carbonyl (C=O) groups excluding carboxylic acids is 1. The number of hydrogen-bond donors (Lipinski definition) is 2. The Kier molecular flexibility index (Phi) is 4.97. The molecule has 0 spiro atoms. The maximum Gasteiger partial charge on any atom is 0.416 e. The SMILES string of the molecule is O=C1NC(=Nc2cccc(C(F)(F)F)c2)S/C1=C\c1cccc(O)c1Cl. The lowest BCUT2D eigenvalue weighted by molar-refractivity contribution is -0.137. The molecular formula is C17H10ClF3N2O2S. The van der Waals surface area contributed by atoms with Crippen molar-refractivity contribution in [2.75, 3.05) is 0 Å². The second-order valence-corrected chi connectivity index (χ2v) is 6.62. The average molecular weight is 399 g/mol. The predicted octanol–water partition coefficient (Wildman–Crippen LogP) is 4.96. The van der Waals surface area contributed by atoms with E-state index in [0.29, 0.717) is 5.56 Å². The molecule has 1 aliphatic rings. The number of phenolic OH excluding ortho intramolecular Hbond substituents is 1. The molecule has 2 aromatic carbocycles. The fourth-order valence-corrected chi connectivity index (χ4v) is 3.15. The summed E-state index contributed by atoms with van der Waals surface area (Å²) in [7, 11) is 0. The van der Waals surface area contributed by atoms with E-state index in [0.717, 1.165) is 23.9 Å². The summed E-state index contributed by atoms with van der Waals surface area (Å²) in [5, 5.41) is 12.3. The van der Waals surface area contributed by atoms with Crippen LogP contribution < -0.4 is 5.32 Å². The highest BCUT2D eigenvalue weighted by atomic mass is 35.5. The minimum absolute atomic E-state index is 0.0688. The molecule has 9 heteroatoms. The topological polar surface area (TPSA) is 61.7 Å². The molecule has 1 aliphatic heterocycles. The zero-order valence-electron chi connectivity index (χ0n) is 12.8. The lowest BCUT2D eigenvalue weighted by Crippen LogP contribution is -2.19. The molecule has 134 valence electrons. The zero-order chi connectivity index (χ0) is 18.9. The van der Waals surface area contributed by atoms with Gasteiger partial charge < -0.3 is 10.4 Å². The number of alkyl halides is 3. The van der Waals surface area contributed by atoms with E-state index in [9.17, 15) is 23.1 Å². The van der Waals surface area contributed by atoms with Gasteiger partial charge in [-0.25, -0.2) is 4.99 Å². The molecule has 1 amide bonds. The average Bonchev–Trinajstić information content (AvgIpc) is 2.90. The number of hydrogen-bond acceptors (Lipinski definition) is 4. The number of amidine groups is 1. The van der Waals surface area contributed by atoms with Gasteiger partial charge in [-0.2, -0.15) is 13.2 Å². The van der Waals surface area contributed by atoms with Crippen LogP contribution in [0.25, 0.3) is 6.08 Å². The van der Waals surface area contributed by atoms with E-state index in [1.165, 1.54) is 24.3 Å². The maximum atomic E-state index is 12.8. The molecule has 2 aromatic rings. The highest BCUT2D eigenvalue weighted by Gasteiger charge is 2.30. The molecule has 0 bridgehead atoms. The fourth-order valence-electron chi connectivity index (χ4n) is 2.14. The third-order valence-electron chi connectivity index (χ3n) is 3.35. The smallest absolute Gasteiger partial charge is 0.416 e. The van der Waals surface area contributed by atoms with E-state index >= 15 is 0 Å². The van der Waals surface area contributed by atoms with E-state index in [4.69, 9.17) is 11.6 Å². The van der Waals surface area contributed by atoms with E-state index in [-0.39, 0.29) is 26.5 Å². The quantitative estimate of drug-likeness (QED) is 0.703. The van der Waals surface area contributed by atoms with Gasteiger partial charge in [0.15, 0.2) is 5.17 Å². The molecule has 0 unspecified atom stereocenters. The van der Waals surface area contributed by atoms with Crippen molar-refractivity contribution in [1.82, 2.24) is 5.32 Å². The standard InChI is InChI=1S/C17H10ClF3N2O2S/c18-14-9(3-1-6-12(14)24)7-13-15(25)23-16(26-13)22-11-5-2-4-10(8-11)17(19,20)21/h1-8,24H,(H,22,23,25)/b13-7-. The number of thioether (sulfide) groups is 1. The van der Waals surface area contributed by atoms with Gasteiger partial charge in [-0.3, -0.25) is 4.79 Å². The Balaban J connectivity index is 1.87. The Morgan fingerprint density at radius 2 is 1.92 bits per heavy atom. The summed E-state index contributed by atoms with van der Waals surface area (Å²) >= 11 is 6.94. The summed E-state index contributed by atoms with van der Waals surface area (Å²) in [5.74, 6) is -0.581. The molecule has 4 nitrogen and oxygen atoms in total. The highest BCUT2D eigenvalue weighted by molar-refractivity contribution is 8.18. The minimum Gasteiger partial charge on any atom is -0.506 e. The van der Waals surface area contributed by atoms with Crippen molar-refractivity contribution < 1.29 is 23.1 Å². The van der Waals surface area contributed by atoms with Gasteiger partial charge in [0.2, 0.25) is 0 Å². The van der Waals surface area contributed by atoms with Gasteiger partial charge in [0.25, 0.3) is 5.91 Å². The first kappa shape index (κ1) is 18.3. The van der Waals surface area contributed by atoms with E-state index in [1.807, 2.05) is 0 Å². The lowest BCUT2D eigenvalue weighted by Gasteiger charge is -2.06. The van der Waals surface area contributed by atoms with Crippen LogP contribution in [0, 0.1) is 0 Å². The van der Waals surface area contributed by atoms with E-state index in [1.54, 1.807) is 12.1 Å². The summed E-state index contributed by atoms with van der Waals surface area (Å²) in [6, 6.07) is 9.09. The number of carbonyl (C=O) groups is 1. The first-order valence-electron chi connectivity index (χ1n) is 7.18. The van der Waals surface area contributed by atoms with Crippen LogP contribution in [-0.4, -0.2) is 16.2 Å². The monoisotopic (exact) mass is 398 g/mol. The molecule has 0 saturated carbocycles. The molecule has 3 rings (SSSR count). The van der Waals surface area contributed by atoms with Crippen LogP contribution in [0.15, 0.2) is 52.4 Å². The van der Waals surface area contributed by atoms with Gasteiger partial charge in [-0.1, -0.05) is 29.8 Å². The Morgan fingerprint density at radius 3 is 2.65 bits per heavy atom. The molecule has 0 atom stereocenters. The van der Waals surface area contributed by atoms with Gasteiger partial charge in [0, 0.05) is 0 Å². The number of aromatic hydroxyl groups is 1. The Morgan fingerprint density at radius 1 is 1.19 bits per heavy atom. The fraction of sp³-hybridized carbons (Fsp3) is 0.0588. The number of nitrogens with zero attached hydrogens (tertiary/aromatic N) is 1. The Hall–Kier alpha value is -2.45. The van der Waals surface area contributed by atoms with Crippen LogP contribution in [-0.2, 0) is 11.0 Å². The van der Waals surface area contributed by atoms with Crippen molar-refractivity contribution in [3.8, 4) is 5.75 Å². The number of amides is 1. The molecule has 0 radical (unpaired) electrons. The normalized spacial score (nSPS) is 17.8. The lowest BCUT2D eigenvalue weighted by atomic mass is 10.2. The minimum atomic E-state index is -4.47. The second-order valence-electron chi connectivity index (χ2n) is 5.21. The molecular weight excluding hydrogens is 389 g/mol. The van der Waals surface area contributed by atoms with Crippen molar-refractivity contribution in [2.24, 2.45) is 4.99 Å². The summed E-state index contributed by atoms with van der Waals surface area (Å²) in [4.78, 5) is 16.3. The Bertz CT molecular complexity index is 942. The predicted molar refractivity (Wildman–Crippen MR) is 95.4 cm³/mol. The van der Waals surface area contributed by atoms with Crippen LogP contribution in [0.4, 0.5) is 18.9 Å². The number of benzene rings is 2. The van der Waals surface area contributed by atoms with Gasteiger partial charge in [0.05, 0.1) is 21.2 Å². The molecule has 0 aliphatic carbocycles. The number of halogens is 4. The van der Waals surface area contributed by atoms with E-state index in [2.05, 4.69) is 10.3 Å². The first-order valence-corrected chi connectivity index (χ1v) is 8.38. The van der Waals surface area contributed by atoms with Crippen molar-refractivity contribution in [2.45, 2.75) is 6.18 Å². The number of phenols is 1. The van der Waals surface area contributed by atoms with Gasteiger partial charge in [-0.05, 0) is 47.7 Å². The molecule has 2 N–H and O–H groups in total. The van der Waals surface area contributed by atoms with Crippen LogP contribution in [0.3, 0.4) is 0 Å². The van der Waals surface area contributed by atoms with Crippen molar-refractivity contribution >= 4 is 46.2 Å². The maximum absolute atomic E-state index is 12.8. The van der Waals surface area contributed by atoms with Crippen LogP contribution in [0.2, 0.25) is 5.02 Å². The summed E-state index contributed by atoms with van der Waals surface area (Å²) in [6.45, 7) is 0. The molecule has 0 aromatic heterocycles. The molecule has 26 heavy (non-hydrogen) atoms. The van der Waals surface area contributed by atoms with Gasteiger partial charge in [0.1, 0.15) is 5.75 Å². The number of nitrogens with one attached hydrogen (secondary N) is 1. The zero-order valence-corrected chi connectivity index (χ0v) is 14.4. The Labute approximate surface area is 155 Å². The number of rotatable bonds is 2. The van der Waals surface area contributed by atoms with Crippen LogP contribution in [0.5, 0.6) is 5.75 Å². The van der Waals surface area contributed by atoms with Gasteiger partial charge in [-0.15, -0.1) is 0 Å². The van der Waals surface area contributed by atoms with Crippen LogP contribution >= 0.6 is 23.4 Å². The summed E-state index contributed by atoms with van der Waals surface area (Å²) in [5.41, 5.74) is -0.320. The van der Waals surface area contributed by atoms with Gasteiger partial charge >= 0.3 is 6.18 Å². The molecule has 1 fully saturated rings. The first-order chi connectivity index (χ1) is 12.2. The highest BCUT2D eigenvalue weighted by Crippen LogP contribution is 2.34. The summed E-state index contributed by atoms with van der Waals surface area (Å²) < 4.78 is 38.3. The van der Waals surface area contributed by atoms with Crippen molar-refractivity contribution in [3.05, 3.63) is 63.5 Å². The third-order valence-corrected chi connectivity index (χ3v) is 4.67. The van der Waals surface area contributed by atoms with Crippen LogP contribution in [0.1, 0.15) is 11.1 Å².